The summed E-state index contributed by atoms with van der Waals surface area (Å²) < 4.78 is 13.9. The van der Waals surface area contributed by atoms with Crippen molar-refractivity contribution >= 4 is 16.9 Å². The molecular weight excluding hydrogens is 474 g/mol. The van der Waals surface area contributed by atoms with Gasteiger partial charge in [0.05, 0.1) is 30.8 Å². The number of methoxy groups -OCH3 is 1. The van der Waals surface area contributed by atoms with Crippen molar-refractivity contribution in [1.82, 2.24) is 14.5 Å². The number of allylic oxidation sites excluding steroid dienone is 1. The molecule has 1 aliphatic heterocycles. The fourth-order valence-electron chi connectivity index (χ4n) is 5.36. The number of aryl methyl sites for hydroxylation is 1. The maximum atomic E-state index is 13.1. The highest BCUT2D eigenvalue weighted by molar-refractivity contribution is 5.81. The van der Waals surface area contributed by atoms with Crippen LogP contribution in [0.3, 0.4) is 0 Å². The van der Waals surface area contributed by atoms with E-state index in [0.29, 0.717) is 19.6 Å². The van der Waals surface area contributed by atoms with Crippen LogP contribution in [0.1, 0.15) is 48.7 Å². The Morgan fingerprint density at radius 3 is 2.66 bits per heavy atom. The van der Waals surface area contributed by atoms with Crippen LogP contribution in [0.5, 0.6) is 11.5 Å². The number of likely N-dealkylation sites (tertiary alicyclic amines) is 1. The number of nitrogens with zero attached hydrogens (tertiary/aromatic N) is 3. The maximum absolute atomic E-state index is 13.1. The Bertz CT molecular complexity index is 1410. The number of para-hydroxylation sites is 2. The predicted molar refractivity (Wildman–Crippen MR) is 151 cm³/mol. The molecule has 0 saturated carbocycles. The molecule has 2 heterocycles. The average molecular weight is 510 g/mol. The Morgan fingerprint density at radius 2 is 1.87 bits per heavy atom. The van der Waals surface area contributed by atoms with Crippen molar-refractivity contribution in [1.29, 1.82) is 0 Å². The minimum atomic E-state index is 0.0350. The van der Waals surface area contributed by atoms with Crippen molar-refractivity contribution in [3.63, 3.8) is 0 Å². The number of benzene rings is 3. The van der Waals surface area contributed by atoms with E-state index in [0.717, 1.165) is 58.9 Å². The van der Waals surface area contributed by atoms with Crippen LogP contribution in [0.4, 0.5) is 0 Å². The third-order valence-electron chi connectivity index (χ3n) is 7.35. The molecule has 4 aromatic rings. The summed E-state index contributed by atoms with van der Waals surface area (Å²) in [5.41, 5.74) is 4.35. The fourth-order valence-corrected chi connectivity index (χ4v) is 5.36. The van der Waals surface area contributed by atoms with Crippen LogP contribution in [0.15, 0.2) is 85.5 Å². The topological polar surface area (TPSA) is 56.6 Å². The van der Waals surface area contributed by atoms with Crippen molar-refractivity contribution in [2.45, 2.75) is 44.7 Å². The van der Waals surface area contributed by atoms with Gasteiger partial charge in [-0.05, 0) is 55.2 Å². The minimum Gasteiger partial charge on any atom is -0.493 e. The molecule has 3 aromatic carbocycles. The fraction of sp³-hybridized carbons (Fsp3) is 0.312. The van der Waals surface area contributed by atoms with Gasteiger partial charge in [0.15, 0.2) is 11.5 Å². The number of aromatic nitrogens is 2. The number of carbonyl (C=O) groups is 1. The van der Waals surface area contributed by atoms with Gasteiger partial charge in [-0.2, -0.15) is 0 Å². The molecule has 1 saturated heterocycles. The lowest BCUT2D eigenvalue weighted by molar-refractivity contribution is -0.129. The normalized spacial score (nSPS) is 16.1. The third kappa shape index (κ3) is 5.30. The molecular formula is C32H35N3O3. The first-order valence-corrected chi connectivity index (χ1v) is 13.3. The van der Waals surface area contributed by atoms with Gasteiger partial charge in [0.25, 0.3) is 0 Å². The molecule has 38 heavy (non-hydrogen) atoms. The third-order valence-corrected chi connectivity index (χ3v) is 7.35. The molecule has 0 aliphatic carbocycles. The Kier molecular flexibility index (Phi) is 7.78. The Hall–Kier alpha value is -4.06. The molecule has 6 heteroatoms. The quantitative estimate of drug-likeness (QED) is 0.175. The summed E-state index contributed by atoms with van der Waals surface area (Å²) in [6.07, 6.45) is 3.95. The lowest BCUT2D eigenvalue weighted by Gasteiger charge is -2.25. The molecule has 1 fully saturated rings. The number of hydrogen-bond acceptors (Lipinski definition) is 4. The van der Waals surface area contributed by atoms with Gasteiger partial charge in [0.1, 0.15) is 5.82 Å². The zero-order chi connectivity index (χ0) is 26.5. The van der Waals surface area contributed by atoms with Crippen LogP contribution >= 0.6 is 0 Å². The lowest BCUT2D eigenvalue weighted by atomic mass is 10.1. The first kappa shape index (κ1) is 25.6. The van der Waals surface area contributed by atoms with Gasteiger partial charge in [0.2, 0.25) is 5.91 Å². The zero-order valence-corrected chi connectivity index (χ0v) is 22.2. The highest BCUT2D eigenvalue weighted by atomic mass is 16.5. The van der Waals surface area contributed by atoms with E-state index in [1.807, 2.05) is 65.6 Å². The van der Waals surface area contributed by atoms with Crippen molar-refractivity contribution in [2.24, 2.45) is 0 Å². The van der Waals surface area contributed by atoms with Gasteiger partial charge in [-0.3, -0.25) is 4.79 Å². The molecule has 0 bridgehead atoms. The Labute approximate surface area is 224 Å². The Morgan fingerprint density at radius 1 is 1.08 bits per heavy atom. The summed E-state index contributed by atoms with van der Waals surface area (Å²) in [6.45, 7) is 7.88. The average Bonchev–Trinajstić information content (AvgIpc) is 3.52. The lowest BCUT2D eigenvalue weighted by Crippen LogP contribution is -2.28. The number of amides is 1. The smallest absolute Gasteiger partial charge is 0.223 e. The van der Waals surface area contributed by atoms with E-state index in [4.69, 9.17) is 14.5 Å². The molecule has 5 rings (SSSR count). The molecule has 1 aliphatic rings. The first-order valence-electron chi connectivity index (χ1n) is 13.3. The predicted octanol–water partition coefficient (Wildman–Crippen LogP) is 6.32. The SMILES string of the molecule is C=CCc1ccc(OCCCn2c(C3CC(=O)N(C(C)c4ccccc4)C3)nc3ccccc32)c(OC)c1. The van der Waals surface area contributed by atoms with Gasteiger partial charge in [-0.15, -0.1) is 6.58 Å². The molecule has 0 radical (unpaired) electrons. The highest BCUT2D eigenvalue weighted by Crippen LogP contribution is 2.35. The minimum absolute atomic E-state index is 0.0350. The number of imidazole rings is 1. The number of rotatable bonds is 11. The number of fused-ring (bicyclic) bond motifs is 1. The van der Waals surface area contributed by atoms with E-state index < -0.39 is 0 Å². The van der Waals surface area contributed by atoms with Gasteiger partial charge >= 0.3 is 0 Å². The van der Waals surface area contributed by atoms with E-state index in [1.54, 1.807) is 7.11 Å². The van der Waals surface area contributed by atoms with Gasteiger partial charge in [-0.1, -0.05) is 54.6 Å². The van der Waals surface area contributed by atoms with Crippen LogP contribution in [0.25, 0.3) is 11.0 Å². The molecule has 2 unspecified atom stereocenters. The van der Waals surface area contributed by atoms with Crippen LogP contribution in [-0.4, -0.2) is 40.6 Å². The summed E-state index contributed by atoms with van der Waals surface area (Å²) in [6, 6.07) is 24.5. The summed E-state index contributed by atoms with van der Waals surface area (Å²) >= 11 is 0. The summed E-state index contributed by atoms with van der Waals surface area (Å²) in [5, 5.41) is 0. The second-order valence-electron chi connectivity index (χ2n) is 9.82. The summed E-state index contributed by atoms with van der Waals surface area (Å²) in [4.78, 5) is 20.1. The summed E-state index contributed by atoms with van der Waals surface area (Å²) in [7, 11) is 1.66. The van der Waals surface area contributed by atoms with Crippen molar-refractivity contribution < 1.29 is 14.3 Å². The second-order valence-corrected chi connectivity index (χ2v) is 9.82. The van der Waals surface area contributed by atoms with Crippen molar-refractivity contribution in [3.05, 3.63) is 102 Å². The molecule has 0 spiro atoms. The number of ether oxygens (including phenoxy) is 2. The molecule has 1 amide bonds. The van der Waals surface area contributed by atoms with Crippen LogP contribution < -0.4 is 9.47 Å². The molecule has 1 aromatic heterocycles. The highest BCUT2D eigenvalue weighted by Gasteiger charge is 2.36. The molecule has 2 atom stereocenters. The maximum Gasteiger partial charge on any atom is 0.223 e. The first-order chi connectivity index (χ1) is 18.6. The summed E-state index contributed by atoms with van der Waals surface area (Å²) in [5.74, 6) is 2.69. The van der Waals surface area contributed by atoms with Crippen molar-refractivity contribution in [3.8, 4) is 11.5 Å². The van der Waals surface area contributed by atoms with Crippen molar-refractivity contribution in [2.75, 3.05) is 20.3 Å². The molecule has 196 valence electrons. The van der Waals surface area contributed by atoms with E-state index >= 15 is 0 Å². The van der Waals surface area contributed by atoms with Crippen LogP contribution in [0, 0.1) is 0 Å². The Balaban J connectivity index is 1.30. The van der Waals surface area contributed by atoms with E-state index in [1.165, 1.54) is 0 Å². The monoisotopic (exact) mass is 509 g/mol. The van der Waals surface area contributed by atoms with E-state index in [-0.39, 0.29) is 17.9 Å². The molecule has 6 nitrogen and oxygen atoms in total. The standard InChI is InChI=1S/C32H35N3O3/c1-4-11-24-16-17-29(30(20-24)37-3)38-19-10-18-34-28-15-9-8-14-27(28)33-32(34)26-21-31(36)35(22-26)23(2)25-12-6-5-7-13-25/h4-9,12-17,20,23,26H,1,10-11,18-19,21-22H2,2-3H3. The number of hydrogen-bond donors (Lipinski definition) is 0. The van der Waals surface area contributed by atoms with E-state index in [9.17, 15) is 4.79 Å². The van der Waals surface area contributed by atoms with Gasteiger partial charge in [-0.25, -0.2) is 4.98 Å². The van der Waals surface area contributed by atoms with Gasteiger partial charge < -0.3 is 18.9 Å². The zero-order valence-electron chi connectivity index (χ0n) is 22.2. The molecule has 0 N–H and O–H groups in total. The largest absolute Gasteiger partial charge is 0.493 e. The second kappa shape index (κ2) is 11.5. The van der Waals surface area contributed by atoms with Crippen LogP contribution in [-0.2, 0) is 17.8 Å². The van der Waals surface area contributed by atoms with Crippen LogP contribution in [0.2, 0.25) is 0 Å². The van der Waals surface area contributed by atoms with Gasteiger partial charge in [0, 0.05) is 25.4 Å². The van der Waals surface area contributed by atoms with E-state index in [2.05, 4.69) is 36.3 Å². The number of carbonyl (C=O) groups excluding carboxylic acids is 1.